The standard InChI is InChI=1S/C11H12N4O3/c12-9-2-1-7(5-8(9)11(16)17)13-4-3-10-14-6-18-15-10/h1-2,5-6,13H,3-4,12H2,(H,16,17). The predicted molar refractivity (Wildman–Crippen MR) is 64.3 cm³/mol. The number of carboxylic acids is 1. The number of nitrogens with two attached hydrogens (primary N) is 1. The molecule has 0 saturated heterocycles. The highest BCUT2D eigenvalue weighted by Crippen LogP contribution is 2.17. The van der Waals surface area contributed by atoms with Crippen LogP contribution in [0.5, 0.6) is 0 Å². The molecule has 0 bridgehead atoms. The van der Waals surface area contributed by atoms with E-state index in [1.54, 1.807) is 12.1 Å². The van der Waals surface area contributed by atoms with Gasteiger partial charge < -0.3 is 20.7 Å². The van der Waals surface area contributed by atoms with Gasteiger partial charge in [-0.3, -0.25) is 0 Å². The van der Waals surface area contributed by atoms with Gasteiger partial charge in [-0.1, -0.05) is 5.16 Å². The highest BCUT2D eigenvalue weighted by atomic mass is 16.5. The zero-order valence-corrected chi connectivity index (χ0v) is 9.46. The van der Waals surface area contributed by atoms with Gasteiger partial charge in [-0.15, -0.1) is 0 Å². The fourth-order valence-electron chi connectivity index (χ4n) is 1.47. The second kappa shape index (κ2) is 5.17. The number of anilines is 2. The number of benzene rings is 1. The van der Waals surface area contributed by atoms with Crippen molar-refractivity contribution in [1.29, 1.82) is 0 Å². The van der Waals surface area contributed by atoms with Crippen molar-refractivity contribution in [1.82, 2.24) is 10.1 Å². The van der Waals surface area contributed by atoms with Crippen molar-refractivity contribution in [3.8, 4) is 0 Å². The largest absolute Gasteiger partial charge is 0.478 e. The maximum absolute atomic E-state index is 10.9. The third-order valence-corrected chi connectivity index (χ3v) is 2.37. The number of hydrogen-bond donors (Lipinski definition) is 3. The molecule has 0 aliphatic heterocycles. The minimum absolute atomic E-state index is 0.0829. The Labute approximate surface area is 103 Å². The Morgan fingerprint density at radius 3 is 3.00 bits per heavy atom. The lowest BCUT2D eigenvalue weighted by atomic mass is 10.1. The summed E-state index contributed by atoms with van der Waals surface area (Å²) >= 11 is 0. The molecule has 0 aliphatic carbocycles. The average molecular weight is 248 g/mol. The summed E-state index contributed by atoms with van der Waals surface area (Å²) in [6, 6.07) is 4.77. The van der Waals surface area contributed by atoms with Crippen LogP contribution in [-0.4, -0.2) is 27.8 Å². The molecule has 0 fully saturated rings. The first-order valence-corrected chi connectivity index (χ1v) is 5.29. The maximum atomic E-state index is 10.9. The van der Waals surface area contributed by atoms with Crippen LogP contribution in [0.4, 0.5) is 11.4 Å². The van der Waals surface area contributed by atoms with E-state index in [-0.39, 0.29) is 11.3 Å². The molecule has 4 N–H and O–H groups in total. The molecule has 0 unspecified atom stereocenters. The Bertz CT molecular complexity index is 539. The van der Waals surface area contributed by atoms with E-state index in [4.69, 9.17) is 10.8 Å². The third-order valence-electron chi connectivity index (χ3n) is 2.37. The van der Waals surface area contributed by atoms with Gasteiger partial charge in [0.15, 0.2) is 5.82 Å². The molecule has 0 radical (unpaired) electrons. The summed E-state index contributed by atoms with van der Waals surface area (Å²) in [7, 11) is 0. The molecular formula is C11H12N4O3. The first-order valence-electron chi connectivity index (χ1n) is 5.29. The fourth-order valence-corrected chi connectivity index (χ4v) is 1.47. The SMILES string of the molecule is Nc1ccc(NCCc2ncon2)cc1C(=O)O. The topological polar surface area (TPSA) is 114 Å². The minimum Gasteiger partial charge on any atom is -0.478 e. The molecule has 0 amide bonds. The molecule has 94 valence electrons. The summed E-state index contributed by atoms with van der Waals surface area (Å²) in [4.78, 5) is 14.8. The fraction of sp³-hybridized carbons (Fsp3) is 0.182. The van der Waals surface area contributed by atoms with Crippen LogP contribution in [0.25, 0.3) is 0 Å². The van der Waals surface area contributed by atoms with Gasteiger partial charge in [-0.05, 0) is 18.2 Å². The quantitative estimate of drug-likeness (QED) is 0.676. The van der Waals surface area contributed by atoms with Crippen LogP contribution in [0, 0.1) is 0 Å². The summed E-state index contributed by atoms with van der Waals surface area (Å²) in [5, 5.41) is 15.7. The number of carboxylic acid groups (broad SMARTS) is 1. The van der Waals surface area contributed by atoms with E-state index in [1.807, 2.05) is 0 Å². The molecule has 0 saturated carbocycles. The van der Waals surface area contributed by atoms with Crippen molar-refractivity contribution in [3.05, 3.63) is 36.0 Å². The molecule has 0 aliphatic rings. The summed E-state index contributed by atoms with van der Waals surface area (Å²) in [5.74, 6) is -0.453. The zero-order chi connectivity index (χ0) is 13.0. The van der Waals surface area contributed by atoms with Crippen molar-refractivity contribution in [2.45, 2.75) is 6.42 Å². The molecule has 1 heterocycles. The third kappa shape index (κ3) is 2.76. The lowest BCUT2D eigenvalue weighted by molar-refractivity contribution is 0.0698. The van der Waals surface area contributed by atoms with E-state index in [9.17, 15) is 4.79 Å². The Kier molecular flexibility index (Phi) is 3.42. The van der Waals surface area contributed by atoms with Gasteiger partial charge >= 0.3 is 5.97 Å². The number of nitrogens with one attached hydrogen (secondary N) is 1. The maximum Gasteiger partial charge on any atom is 0.337 e. The van der Waals surface area contributed by atoms with Crippen LogP contribution >= 0.6 is 0 Å². The summed E-state index contributed by atoms with van der Waals surface area (Å²) in [6.07, 6.45) is 1.85. The average Bonchev–Trinajstić information content (AvgIpc) is 2.84. The first kappa shape index (κ1) is 11.9. The van der Waals surface area contributed by atoms with E-state index in [0.717, 1.165) is 0 Å². The lowest BCUT2D eigenvalue weighted by Crippen LogP contribution is -2.08. The monoisotopic (exact) mass is 248 g/mol. The molecule has 2 rings (SSSR count). The highest BCUT2D eigenvalue weighted by Gasteiger charge is 2.08. The highest BCUT2D eigenvalue weighted by molar-refractivity contribution is 5.94. The van der Waals surface area contributed by atoms with Crippen molar-refractivity contribution >= 4 is 17.3 Å². The molecule has 7 heteroatoms. The van der Waals surface area contributed by atoms with Crippen molar-refractivity contribution < 1.29 is 14.4 Å². The van der Waals surface area contributed by atoms with Crippen LogP contribution < -0.4 is 11.1 Å². The predicted octanol–water partition coefficient (Wildman–Crippen LogP) is 1.00. The summed E-state index contributed by atoms with van der Waals surface area (Å²) in [5.41, 5.74) is 6.57. The molecule has 2 aromatic rings. The van der Waals surface area contributed by atoms with E-state index in [1.165, 1.54) is 12.5 Å². The van der Waals surface area contributed by atoms with Crippen molar-refractivity contribution in [3.63, 3.8) is 0 Å². The number of nitrogen functional groups attached to an aromatic ring is 1. The smallest absolute Gasteiger partial charge is 0.337 e. The van der Waals surface area contributed by atoms with E-state index >= 15 is 0 Å². The number of aromatic nitrogens is 2. The van der Waals surface area contributed by atoms with Gasteiger partial charge in [0.25, 0.3) is 0 Å². The van der Waals surface area contributed by atoms with Crippen LogP contribution in [0.2, 0.25) is 0 Å². The van der Waals surface area contributed by atoms with E-state index in [2.05, 4.69) is 20.0 Å². The number of aromatic carboxylic acids is 1. The second-order valence-electron chi connectivity index (χ2n) is 3.63. The van der Waals surface area contributed by atoms with Gasteiger partial charge in [0.2, 0.25) is 6.39 Å². The normalized spacial score (nSPS) is 10.2. The lowest BCUT2D eigenvalue weighted by Gasteiger charge is -2.07. The molecule has 0 spiro atoms. The van der Waals surface area contributed by atoms with Crippen LogP contribution in [-0.2, 0) is 6.42 Å². The van der Waals surface area contributed by atoms with Gasteiger partial charge in [-0.25, -0.2) is 4.79 Å². The zero-order valence-electron chi connectivity index (χ0n) is 9.46. The number of nitrogens with zero attached hydrogens (tertiary/aromatic N) is 2. The summed E-state index contributed by atoms with van der Waals surface area (Å²) in [6.45, 7) is 0.572. The van der Waals surface area contributed by atoms with Gasteiger partial charge in [0.05, 0.1) is 5.56 Å². The van der Waals surface area contributed by atoms with Crippen LogP contribution in [0.1, 0.15) is 16.2 Å². The van der Waals surface area contributed by atoms with Gasteiger partial charge in [-0.2, -0.15) is 4.98 Å². The van der Waals surface area contributed by atoms with Crippen molar-refractivity contribution in [2.75, 3.05) is 17.6 Å². The molecule has 18 heavy (non-hydrogen) atoms. The summed E-state index contributed by atoms with van der Waals surface area (Å²) < 4.78 is 4.60. The minimum atomic E-state index is -1.05. The van der Waals surface area contributed by atoms with Crippen molar-refractivity contribution in [2.24, 2.45) is 0 Å². The van der Waals surface area contributed by atoms with Crippen LogP contribution in [0.15, 0.2) is 29.1 Å². The Morgan fingerprint density at radius 2 is 2.33 bits per heavy atom. The van der Waals surface area contributed by atoms with Gasteiger partial charge in [0.1, 0.15) is 0 Å². The van der Waals surface area contributed by atoms with Gasteiger partial charge in [0, 0.05) is 24.3 Å². The second-order valence-corrected chi connectivity index (χ2v) is 3.63. The Hall–Kier alpha value is -2.57. The number of carbonyl (C=O) groups is 1. The number of hydrogen-bond acceptors (Lipinski definition) is 6. The van der Waals surface area contributed by atoms with E-state index < -0.39 is 5.97 Å². The molecule has 7 nitrogen and oxygen atoms in total. The number of rotatable bonds is 5. The Balaban J connectivity index is 1.97. The van der Waals surface area contributed by atoms with Crippen LogP contribution in [0.3, 0.4) is 0 Å². The van der Waals surface area contributed by atoms with E-state index in [0.29, 0.717) is 24.5 Å². The molecule has 1 aromatic heterocycles. The molecule has 0 atom stereocenters. The Morgan fingerprint density at radius 1 is 1.50 bits per heavy atom. The first-order chi connectivity index (χ1) is 8.66. The molecule has 1 aromatic carbocycles. The molecular weight excluding hydrogens is 236 g/mol.